The first-order valence-corrected chi connectivity index (χ1v) is 17.8. The van der Waals surface area contributed by atoms with Crippen molar-refractivity contribution < 1.29 is 46.3 Å². The van der Waals surface area contributed by atoms with Crippen LogP contribution in [-0.2, 0) is 45.6 Å². The van der Waals surface area contributed by atoms with Gasteiger partial charge >= 0.3 is 13.8 Å². The number of hydrogen-bond donors (Lipinski definition) is 3. The number of nitrogens with one attached hydrogen (secondary N) is 1. The minimum Gasteiger partial charge on any atom is -0.467 e. The molecule has 3 N–H and O–H groups in total. The molecule has 1 unspecified atom stereocenters. The third kappa shape index (κ3) is 10.5. The molecule has 0 saturated carbocycles. The van der Waals surface area contributed by atoms with Crippen molar-refractivity contribution in [2.24, 2.45) is 0 Å². The summed E-state index contributed by atoms with van der Waals surface area (Å²) in [5.41, 5.74) is 1.20. The first-order valence-electron chi connectivity index (χ1n) is 14.4. The number of rotatable bonds is 14. The number of methoxy groups -OCH3 is 2. The van der Waals surface area contributed by atoms with Gasteiger partial charge < -0.3 is 14.8 Å². The zero-order valence-corrected chi connectivity index (χ0v) is 27.6. The van der Waals surface area contributed by atoms with Crippen molar-refractivity contribution in [3.8, 4) is 23.7 Å². The summed E-state index contributed by atoms with van der Waals surface area (Å²) >= 11 is 0. The summed E-state index contributed by atoms with van der Waals surface area (Å²) in [5.74, 6) is 9.44. The fourth-order valence-electron chi connectivity index (χ4n) is 4.57. The Morgan fingerprint density at radius 2 is 1.45 bits per heavy atom. The Labute approximate surface area is 275 Å². The van der Waals surface area contributed by atoms with Crippen molar-refractivity contribution in [1.29, 1.82) is 0 Å². The number of phosphoric ester groups is 1. The van der Waals surface area contributed by atoms with E-state index in [0.717, 1.165) is 11.1 Å². The number of esters is 1. The molecule has 0 radical (unpaired) electrons. The number of hydrogen-bond acceptors (Lipinski definition) is 10. The SMILES string of the molecule is COC(=O)C(NC(=O)c1ccc(C#CC#CCCOP(=O)(OCc2ccccc2)OCc2ccccc2)cc1)C1(OC)CS(O)(O)C1. The Morgan fingerprint density at radius 3 is 1.96 bits per heavy atom. The summed E-state index contributed by atoms with van der Waals surface area (Å²) in [6.45, 7) is 0.105. The highest BCUT2D eigenvalue weighted by Gasteiger charge is 2.57. The second-order valence-corrected chi connectivity index (χ2v) is 14.3. The van der Waals surface area contributed by atoms with Crippen LogP contribution in [0.15, 0.2) is 84.9 Å². The lowest BCUT2D eigenvalue weighted by Gasteiger charge is -2.56. The van der Waals surface area contributed by atoms with E-state index in [1.165, 1.54) is 26.4 Å². The van der Waals surface area contributed by atoms with E-state index in [1.807, 2.05) is 60.7 Å². The molecule has 3 aromatic rings. The molecular formula is C34H36NO10PS. The Hall–Kier alpha value is -3.94. The standard InChI is InChI=1S/C34H36NO10PS/c1-41-33(37)31(34(42-2)25-47(39,40)26-34)35-32(36)30-20-18-27(19-21-30)13-7-3-4-12-22-43-46(38,44-23-28-14-8-5-9-15-28)45-24-29-16-10-6-11-17-29/h5-6,8-11,14-21,31,39-40H,12,22-26H2,1-2H3,(H,35,36). The molecule has 3 aromatic carbocycles. The molecule has 13 heteroatoms. The smallest absolute Gasteiger partial charge is 0.467 e. The molecule has 4 rings (SSSR count). The molecule has 0 aliphatic carbocycles. The van der Waals surface area contributed by atoms with Gasteiger partial charge in [0.15, 0.2) is 6.04 Å². The first kappa shape index (κ1) is 35.9. The summed E-state index contributed by atoms with van der Waals surface area (Å²) < 4.78 is 60.0. The summed E-state index contributed by atoms with van der Waals surface area (Å²) in [6, 6.07) is 23.6. The van der Waals surface area contributed by atoms with Gasteiger partial charge in [-0.2, -0.15) is 10.6 Å². The van der Waals surface area contributed by atoms with E-state index in [-0.39, 0.29) is 43.3 Å². The zero-order chi connectivity index (χ0) is 33.8. The highest BCUT2D eigenvalue weighted by Crippen LogP contribution is 2.57. The van der Waals surface area contributed by atoms with E-state index in [2.05, 4.69) is 29.0 Å². The lowest BCUT2D eigenvalue weighted by molar-refractivity contribution is -0.151. The normalized spacial score (nSPS) is 15.7. The van der Waals surface area contributed by atoms with Crippen LogP contribution >= 0.6 is 18.4 Å². The molecule has 1 fully saturated rings. The summed E-state index contributed by atoms with van der Waals surface area (Å²) in [7, 11) is -4.26. The van der Waals surface area contributed by atoms with Gasteiger partial charge in [-0.05, 0) is 47.2 Å². The van der Waals surface area contributed by atoms with Crippen LogP contribution < -0.4 is 5.32 Å². The number of ether oxygens (including phenoxy) is 2. The second-order valence-electron chi connectivity index (χ2n) is 10.5. The van der Waals surface area contributed by atoms with Crippen molar-refractivity contribution in [2.75, 3.05) is 32.3 Å². The molecule has 1 aliphatic heterocycles. The van der Waals surface area contributed by atoms with Gasteiger partial charge in [0.05, 0.1) is 38.4 Å². The average Bonchev–Trinajstić information content (AvgIpc) is 3.08. The molecule has 1 atom stereocenters. The number of phosphoric acid groups is 1. The Bertz CT molecular complexity index is 1620. The van der Waals surface area contributed by atoms with Crippen LogP contribution in [0.4, 0.5) is 0 Å². The largest absolute Gasteiger partial charge is 0.475 e. The maximum absolute atomic E-state index is 13.3. The number of amides is 1. The lowest BCUT2D eigenvalue weighted by Crippen LogP contribution is -2.68. The number of carbonyl (C=O) groups excluding carboxylic acids is 2. The molecule has 1 amide bonds. The maximum atomic E-state index is 13.3. The van der Waals surface area contributed by atoms with Gasteiger partial charge in [-0.1, -0.05) is 72.5 Å². The van der Waals surface area contributed by atoms with Crippen LogP contribution in [0.5, 0.6) is 0 Å². The predicted octanol–water partition coefficient (Wildman–Crippen LogP) is 5.41. The highest BCUT2D eigenvalue weighted by molar-refractivity contribution is 8.25. The van der Waals surface area contributed by atoms with Crippen molar-refractivity contribution in [1.82, 2.24) is 5.32 Å². The van der Waals surface area contributed by atoms with Crippen LogP contribution in [0, 0.1) is 23.7 Å². The van der Waals surface area contributed by atoms with Crippen molar-refractivity contribution in [3.63, 3.8) is 0 Å². The van der Waals surface area contributed by atoms with E-state index in [4.69, 9.17) is 23.0 Å². The van der Waals surface area contributed by atoms with Crippen LogP contribution in [0.25, 0.3) is 0 Å². The van der Waals surface area contributed by atoms with Gasteiger partial charge in [-0.25, -0.2) is 9.36 Å². The van der Waals surface area contributed by atoms with Gasteiger partial charge in [0.25, 0.3) is 5.91 Å². The van der Waals surface area contributed by atoms with Gasteiger partial charge in [-0.15, -0.1) is 0 Å². The average molecular weight is 682 g/mol. The van der Waals surface area contributed by atoms with Crippen molar-refractivity contribution in [2.45, 2.75) is 31.3 Å². The van der Waals surface area contributed by atoms with E-state index in [1.54, 1.807) is 12.1 Å². The lowest BCUT2D eigenvalue weighted by atomic mass is 9.96. The summed E-state index contributed by atoms with van der Waals surface area (Å²) in [5, 5.41) is 2.59. The van der Waals surface area contributed by atoms with Crippen molar-refractivity contribution in [3.05, 3.63) is 107 Å². The molecule has 0 aromatic heterocycles. The molecule has 11 nitrogen and oxygen atoms in total. The third-order valence-corrected chi connectivity index (χ3v) is 10.3. The van der Waals surface area contributed by atoms with E-state index in [9.17, 15) is 23.3 Å². The molecule has 0 bridgehead atoms. The molecule has 1 aliphatic rings. The topological polar surface area (TPSA) is 150 Å². The van der Waals surface area contributed by atoms with Gasteiger partial charge in [0, 0.05) is 24.7 Å². The molecular weight excluding hydrogens is 645 g/mol. The van der Waals surface area contributed by atoms with Gasteiger partial charge in [0.2, 0.25) is 0 Å². The van der Waals surface area contributed by atoms with Gasteiger partial charge in [0.1, 0.15) is 5.60 Å². The molecule has 0 spiro atoms. The third-order valence-electron chi connectivity index (χ3n) is 7.04. The second kappa shape index (κ2) is 16.8. The highest BCUT2D eigenvalue weighted by atomic mass is 32.3. The monoisotopic (exact) mass is 681 g/mol. The van der Waals surface area contributed by atoms with Crippen LogP contribution in [0.1, 0.15) is 33.5 Å². The van der Waals surface area contributed by atoms with Crippen molar-refractivity contribution >= 4 is 30.3 Å². The minimum atomic E-state index is -3.89. The van der Waals surface area contributed by atoms with Crippen LogP contribution in [0.2, 0.25) is 0 Å². The Morgan fingerprint density at radius 1 is 0.872 bits per heavy atom. The van der Waals surface area contributed by atoms with E-state index >= 15 is 0 Å². The zero-order valence-electron chi connectivity index (χ0n) is 25.9. The van der Waals surface area contributed by atoms with Crippen LogP contribution in [0.3, 0.4) is 0 Å². The molecule has 1 heterocycles. The number of carbonyl (C=O) groups is 2. The number of benzene rings is 3. The minimum absolute atomic E-state index is 0.00478. The Balaban J connectivity index is 1.29. The molecule has 47 heavy (non-hydrogen) atoms. The molecule has 248 valence electrons. The van der Waals surface area contributed by atoms with Crippen LogP contribution in [-0.4, -0.2) is 65.0 Å². The first-order chi connectivity index (χ1) is 22.6. The van der Waals surface area contributed by atoms with E-state index < -0.39 is 41.9 Å². The summed E-state index contributed by atoms with van der Waals surface area (Å²) in [6.07, 6.45) is 0.223. The maximum Gasteiger partial charge on any atom is 0.475 e. The Kier molecular flexibility index (Phi) is 12.8. The van der Waals surface area contributed by atoms with Gasteiger partial charge in [-0.3, -0.25) is 27.5 Å². The van der Waals surface area contributed by atoms with E-state index in [0.29, 0.717) is 5.56 Å². The fourth-order valence-corrected chi connectivity index (χ4v) is 7.77. The summed E-state index contributed by atoms with van der Waals surface area (Å²) in [4.78, 5) is 25.3. The quantitative estimate of drug-likeness (QED) is 0.0873. The molecule has 1 saturated heterocycles. The predicted molar refractivity (Wildman–Crippen MR) is 177 cm³/mol. The fraction of sp³-hybridized carbons (Fsp3) is 0.294.